The third-order valence-corrected chi connectivity index (χ3v) is 2.99. The number of rotatable bonds is 1. The first-order valence-corrected chi connectivity index (χ1v) is 4.80. The lowest BCUT2D eigenvalue weighted by atomic mass is 9.80. The maximum Gasteiger partial charge on any atom is 0.509 e. The molecular weight excluding hydrogens is 170 g/mol. The van der Waals surface area contributed by atoms with Crippen LogP contribution in [0, 0.1) is 5.92 Å². The van der Waals surface area contributed by atoms with Gasteiger partial charge in [0.25, 0.3) is 0 Å². The van der Waals surface area contributed by atoms with Crippen LogP contribution in [0.5, 0.6) is 0 Å². The average molecular weight is 185 g/mol. The zero-order chi connectivity index (χ0) is 9.26. The van der Waals surface area contributed by atoms with Gasteiger partial charge in [-0.25, -0.2) is 4.79 Å². The highest BCUT2D eigenvalue weighted by atomic mass is 16.7. The van der Waals surface area contributed by atoms with E-state index in [1.807, 2.05) is 0 Å². The van der Waals surface area contributed by atoms with Crippen molar-refractivity contribution in [3.05, 3.63) is 0 Å². The van der Waals surface area contributed by atoms with E-state index in [0.29, 0.717) is 12.0 Å². The first-order valence-electron chi connectivity index (χ1n) is 4.80. The largest absolute Gasteiger partial charge is 0.509 e. The van der Waals surface area contributed by atoms with Crippen molar-refractivity contribution in [1.29, 1.82) is 0 Å². The first-order chi connectivity index (χ1) is 6.29. The van der Waals surface area contributed by atoms with E-state index in [1.165, 1.54) is 32.8 Å². The molecule has 1 N–H and O–H groups in total. The number of hydrogen-bond acceptors (Lipinski definition) is 4. The Morgan fingerprint density at radius 3 is 2.46 bits per heavy atom. The maximum atomic E-state index is 10.9. The number of nitrogens with one attached hydrogen (secondary N) is 1. The molecule has 0 radical (unpaired) electrons. The van der Waals surface area contributed by atoms with Crippen molar-refractivity contribution in [1.82, 2.24) is 5.32 Å². The Kier molecular flexibility index (Phi) is 2.40. The fourth-order valence-electron chi connectivity index (χ4n) is 2.24. The molecule has 13 heavy (non-hydrogen) atoms. The second-order valence-electron chi connectivity index (χ2n) is 3.77. The van der Waals surface area contributed by atoms with E-state index in [2.05, 4.69) is 10.1 Å². The fraction of sp³-hybridized carbons (Fsp3) is 0.889. The van der Waals surface area contributed by atoms with E-state index >= 15 is 0 Å². The van der Waals surface area contributed by atoms with Crippen LogP contribution in [0.4, 0.5) is 4.79 Å². The molecule has 0 aromatic heterocycles. The molecule has 0 aromatic rings. The van der Waals surface area contributed by atoms with E-state index in [-0.39, 0.29) is 6.23 Å². The highest BCUT2D eigenvalue weighted by Crippen LogP contribution is 2.33. The van der Waals surface area contributed by atoms with Crippen molar-refractivity contribution in [2.75, 3.05) is 7.11 Å². The van der Waals surface area contributed by atoms with Gasteiger partial charge in [-0.1, -0.05) is 0 Å². The molecule has 1 aliphatic carbocycles. The lowest BCUT2D eigenvalue weighted by molar-refractivity contribution is -0.0464. The number of ether oxygens (including phenoxy) is 2. The summed E-state index contributed by atoms with van der Waals surface area (Å²) in [7, 11) is 1.34. The topological polar surface area (TPSA) is 47.6 Å². The molecule has 3 fully saturated rings. The summed E-state index contributed by atoms with van der Waals surface area (Å²) >= 11 is 0. The van der Waals surface area contributed by atoms with Gasteiger partial charge in [-0.3, -0.25) is 5.32 Å². The predicted molar refractivity (Wildman–Crippen MR) is 46.2 cm³/mol. The third-order valence-electron chi connectivity index (χ3n) is 2.99. The van der Waals surface area contributed by atoms with Crippen molar-refractivity contribution in [3.63, 3.8) is 0 Å². The van der Waals surface area contributed by atoms with Crippen LogP contribution in [0.1, 0.15) is 25.7 Å². The zero-order valence-electron chi connectivity index (χ0n) is 7.79. The van der Waals surface area contributed by atoms with E-state index in [9.17, 15) is 4.79 Å². The second-order valence-corrected chi connectivity index (χ2v) is 3.77. The molecule has 4 heteroatoms. The maximum absolute atomic E-state index is 10.9. The summed E-state index contributed by atoms with van der Waals surface area (Å²) in [5, 5.41) is 3.30. The van der Waals surface area contributed by atoms with Gasteiger partial charge >= 0.3 is 6.16 Å². The SMILES string of the molecule is COC(=O)OC1NC2CCC1CC2. The van der Waals surface area contributed by atoms with Gasteiger partial charge in [0, 0.05) is 12.0 Å². The van der Waals surface area contributed by atoms with E-state index in [1.54, 1.807) is 0 Å². The van der Waals surface area contributed by atoms with Crippen LogP contribution in [0.2, 0.25) is 0 Å². The molecule has 1 atom stereocenters. The Labute approximate surface area is 77.6 Å². The molecule has 2 bridgehead atoms. The predicted octanol–water partition coefficient (Wildman–Crippen LogP) is 1.26. The normalized spacial score (nSPS) is 37.2. The molecule has 1 unspecified atom stereocenters. The molecule has 4 nitrogen and oxygen atoms in total. The van der Waals surface area contributed by atoms with Crippen molar-refractivity contribution in [2.45, 2.75) is 38.0 Å². The number of methoxy groups -OCH3 is 1. The fourth-order valence-corrected chi connectivity index (χ4v) is 2.24. The van der Waals surface area contributed by atoms with Gasteiger partial charge < -0.3 is 9.47 Å². The molecule has 0 aromatic carbocycles. The van der Waals surface area contributed by atoms with Crippen molar-refractivity contribution in [2.24, 2.45) is 5.92 Å². The minimum Gasteiger partial charge on any atom is -0.438 e. The molecule has 3 aliphatic rings. The third kappa shape index (κ3) is 1.77. The number of hydrogen-bond donors (Lipinski definition) is 1. The van der Waals surface area contributed by atoms with Crippen LogP contribution in [0.25, 0.3) is 0 Å². The van der Waals surface area contributed by atoms with Crippen molar-refractivity contribution in [3.8, 4) is 0 Å². The second kappa shape index (κ2) is 3.54. The summed E-state index contributed by atoms with van der Waals surface area (Å²) in [6.07, 6.45) is 4.07. The van der Waals surface area contributed by atoms with E-state index < -0.39 is 6.16 Å². The van der Waals surface area contributed by atoms with Gasteiger partial charge in [0.1, 0.15) is 0 Å². The van der Waals surface area contributed by atoms with Gasteiger partial charge in [0.15, 0.2) is 6.23 Å². The lowest BCUT2D eigenvalue weighted by Gasteiger charge is -2.42. The monoisotopic (exact) mass is 185 g/mol. The summed E-state index contributed by atoms with van der Waals surface area (Å²) < 4.78 is 9.56. The standard InChI is InChI=1S/C9H15NO3/c1-12-9(11)13-8-6-2-4-7(10-8)5-3-6/h6-8,10H,2-5H2,1H3. The average Bonchev–Trinajstić information content (AvgIpc) is 2.19. The number of fused-ring (bicyclic) bond motifs is 3. The van der Waals surface area contributed by atoms with E-state index in [4.69, 9.17) is 4.74 Å². The molecule has 1 saturated carbocycles. The quantitative estimate of drug-likeness (QED) is 0.625. The van der Waals surface area contributed by atoms with Gasteiger partial charge in [-0.2, -0.15) is 0 Å². The summed E-state index contributed by atoms with van der Waals surface area (Å²) in [5.41, 5.74) is 0. The molecule has 3 rings (SSSR count). The van der Waals surface area contributed by atoms with Crippen LogP contribution >= 0.6 is 0 Å². The Morgan fingerprint density at radius 1 is 1.31 bits per heavy atom. The molecule has 74 valence electrons. The number of piperidine rings is 2. The molecular formula is C9H15NO3. The first kappa shape index (κ1) is 8.81. The Balaban J connectivity index is 1.90. The summed E-state index contributed by atoms with van der Waals surface area (Å²) in [4.78, 5) is 10.9. The Morgan fingerprint density at radius 2 is 2.00 bits per heavy atom. The lowest BCUT2D eigenvalue weighted by Crippen LogP contribution is -2.54. The number of carbonyl (C=O) groups excluding carboxylic acids is 1. The highest BCUT2D eigenvalue weighted by Gasteiger charge is 2.37. The van der Waals surface area contributed by atoms with Crippen molar-refractivity contribution >= 4 is 6.16 Å². The smallest absolute Gasteiger partial charge is 0.438 e. The van der Waals surface area contributed by atoms with Gasteiger partial charge in [0.05, 0.1) is 7.11 Å². The number of carbonyl (C=O) groups is 1. The van der Waals surface area contributed by atoms with Gasteiger partial charge in [-0.15, -0.1) is 0 Å². The summed E-state index contributed by atoms with van der Waals surface area (Å²) in [6.45, 7) is 0. The highest BCUT2D eigenvalue weighted by molar-refractivity contribution is 5.59. The summed E-state index contributed by atoms with van der Waals surface area (Å²) in [6, 6.07) is 0.541. The molecule has 2 saturated heterocycles. The van der Waals surface area contributed by atoms with Gasteiger partial charge in [-0.05, 0) is 25.7 Å². The Hall–Kier alpha value is -0.770. The van der Waals surface area contributed by atoms with Crippen LogP contribution in [0.15, 0.2) is 0 Å². The van der Waals surface area contributed by atoms with Crippen LogP contribution in [0.3, 0.4) is 0 Å². The Bertz CT molecular complexity index is 199. The minimum atomic E-state index is -0.579. The minimum absolute atomic E-state index is 0.111. The molecule has 2 aliphatic heterocycles. The van der Waals surface area contributed by atoms with Gasteiger partial charge in [0.2, 0.25) is 0 Å². The summed E-state index contributed by atoms with van der Waals surface area (Å²) in [5.74, 6) is 0.490. The molecule has 0 amide bonds. The molecule has 0 spiro atoms. The van der Waals surface area contributed by atoms with Crippen LogP contribution in [-0.4, -0.2) is 25.5 Å². The van der Waals surface area contributed by atoms with Crippen molar-refractivity contribution < 1.29 is 14.3 Å². The molecule has 2 heterocycles. The van der Waals surface area contributed by atoms with Crippen LogP contribution < -0.4 is 5.32 Å². The van der Waals surface area contributed by atoms with E-state index in [0.717, 1.165) is 0 Å². The van der Waals surface area contributed by atoms with Crippen LogP contribution in [-0.2, 0) is 9.47 Å². The zero-order valence-corrected chi connectivity index (χ0v) is 7.79.